The minimum atomic E-state index is -0.633. The van der Waals surface area contributed by atoms with Crippen LogP contribution in [0.4, 0.5) is 0 Å². The van der Waals surface area contributed by atoms with Gasteiger partial charge in [0.25, 0.3) is 0 Å². The van der Waals surface area contributed by atoms with Crippen LogP contribution in [0, 0.1) is 0 Å². The number of oxazole rings is 1. The summed E-state index contributed by atoms with van der Waals surface area (Å²) in [4.78, 5) is 27.8. The highest BCUT2D eigenvalue weighted by Crippen LogP contribution is 2.19. The maximum absolute atomic E-state index is 12.8. The van der Waals surface area contributed by atoms with Crippen LogP contribution < -0.4 is 5.76 Å². The topological polar surface area (TPSA) is 55.5 Å². The third-order valence-electron chi connectivity index (χ3n) is 4.22. The predicted octanol–water partition coefficient (Wildman–Crippen LogP) is 3.54. The molecule has 0 saturated carbocycles. The fraction of sp³-hybridized carbons (Fsp3) is 0.263. The van der Waals surface area contributed by atoms with Gasteiger partial charge in [0.05, 0.1) is 5.52 Å². The van der Waals surface area contributed by atoms with Gasteiger partial charge in [-0.25, -0.2) is 4.79 Å². The van der Waals surface area contributed by atoms with E-state index in [0.29, 0.717) is 17.6 Å². The van der Waals surface area contributed by atoms with Gasteiger partial charge in [0, 0.05) is 18.5 Å². The van der Waals surface area contributed by atoms with Gasteiger partial charge in [0.2, 0.25) is 5.91 Å². The Morgan fingerprint density at radius 2 is 1.88 bits per heavy atom. The van der Waals surface area contributed by atoms with Crippen molar-refractivity contribution >= 4 is 28.8 Å². The summed E-state index contributed by atoms with van der Waals surface area (Å²) >= 11 is 1.68. The molecule has 0 saturated heterocycles. The Labute approximate surface area is 150 Å². The molecule has 0 bridgehead atoms. The molecule has 0 fully saturated rings. The predicted molar refractivity (Wildman–Crippen MR) is 99.9 cm³/mol. The second-order valence-electron chi connectivity index (χ2n) is 5.92. The molecule has 1 heterocycles. The molecule has 0 spiro atoms. The van der Waals surface area contributed by atoms with Crippen LogP contribution >= 0.6 is 11.8 Å². The second-order valence-corrected chi connectivity index (χ2v) is 6.80. The minimum absolute atomic E-state index is 0.136. The Hall–Kier alpha value is -2.47. The number of rotatable bonds is 5. The van der Waals surface area contributed by atoms with Crippen molar-refractivity contribution in [3.63, 3.8) is 0 Å². The summed E-state index contributed by atoms with van der Waals surface area (Å²) in [5.41, 5.74) is 2.17. The molecular formula is C19H20N2O3S. The van der Waals surface area contributed by atoms with E-state index in [-0.39, 0.29) is 5.91 Å². The molecule has 0 aliphatic heterocycles. The molecule has 3 aromatic rings. The fourth-order valence-corrected chi connectivity index (χ4v) is 3.27. The van der Waals surface area contributed by atoms with Crippen molar-refractivity contribution in [3.05, 3.63) is 64.6 Å². The van der Waals surface area contributed by atoms with Crippen LogP contribution in [0.15, 0.2) is 62.6 Å². The summed E-state index contributed by atoms with van der Waals surface area (Å²) in [7, 11) is 1.74. The number of carbonyl (C=O) groups is 1. The molecule has 25 heavy (non-hydrogen) atoms. The van der Waals surface area contributed by atoms with E-state index in [0.717, 1.165) is 5.56 Å². The highest BCUT2D eigenvalue weighted by Gasteiger charge is 2.24. The fourth-order valence-electron chi connectivity index (χ4n) is 2.86. The first kappa shape index (κ1) is 17.4. The van der Waals surface area contributed by atoms with Crippen molar-refractivity contribution in [1.29, 1.82) is 0 Å². The molecule has 1 aromatic heterocycles. The lowest BCUT2D eigenvalue weighted by Gasteiger charge is -2.22. The van der Waals surface area contributed by atoms with Crippen molar-refractivity contribution in [3.8, 4) is 0 Å². The van der Waals surface area contributed by atoms with Crippen molar-refractivity contribution < 1.29 is 9.21 Å². The zero-order valence-corrected chi connectivity index (χ0v) is 15.2. The third kappa shape index (κ3) is 3.49. The van der Waals surface area contributed by atoms with Gasteiger partial charge in [0.15, 0.2) is 5.58 Å². The lowest BCUT2D eigenvalue weighted by Crippen LogP contribution is -2.35. The van der Waals surface area contributed by atoms with E-state index in [4.69, 9.17) is 4.42 Å². The molecule has 5 nitrogen and oxygen atoms in total. The Morgan fingerprint density at radius 1 is 1.20 bits per heavy atom. The van der Waals surface area contributed by atoms with E-state index in [9.17, 15) is 9.59 Å². The standard InChI is InChI=1S/C19H20N2O3S/c1-13(21-16-6-4-5-7-17(16)24-19(21)23)18(22)20(2)12-14-8-10-15(25-3)11-9-14/h4-11,13H,12H2,1-3H3/t13-/m1/s1. The average Bonchev–Trinajstić information content (AvgIpc) is 2.96. The van der Waals surface area contributed by atoms with E-state index in [1.54, 1.807) is 48.8 Å². The summed E-state index contributed by atoms with van der Waals surface area (Å²) in [5, 5.41) is 0. The number of nitrogens with zero attached hydrogens (tertiary/aromatic N) is 2. The molecule has 0 radical (unpaired) electrons. The monoisotopic (exact) mass is 356 g/mol. The van der Waals surface area contributed by atoms with E-state index in [2.05, 4.69) is 0 Å². The van der Waals surface area contributed by atoms with E-state index in [1.807, 2.05) is 36.6 Å². The number of aromatic nitrogens is 1. The number of hydrogen-bond acceptors (Lipinski definition) is 4. The zero-order chi connectivity index (χ0) is 18.0. The molecular weight excluding hydrogens is 336 g/mol. The summed E-state index contributed by atoms with van der Waals surface area (Å²) in [6.45, 7) is 2.21. The maximum Gasteiger partial charge on any atom is 0.420 e. The van der Waals surface area contributed by atoms with Crippen molar-refractivity contribution in [2.75, 3.05) is 13.3 Å². The Morgan fingerprint density at radius 3 is 2.56 bits per heavy atom. The molecule has 1 amide bonds. The van der Waals surface area contributed by atoms with Crippen molar-refractivity contribution in [2.24, 2.45) is 0 Å². The first-order valence-electron chi connectivity index (χ1n) is 7.99. The number of thioether (sulfide) groups is 1. The van der Waals surface area contributed by atoms with Crippen molar-refractivity contribution in [2.45, 2.75) is 24.4 Å². The summed E-state index contributed by atoms with van der Waals surface area (Å²) in [5.74, 6) is -0.651. The van der Waals surface area contributed by atoms with Crippen molar-refractivity contribution in [1.82, 2.24) is 9.47 Å². The minimum Gasteiger partial charge on any atom is -0.408 e. The molecule has 0 aliphatic carbocycles. The summed E-state index contributed by atoms with van der Waals surface area (Å²) in [6, 6.07) is 14.6. The first-order valence-corrected chi connectivity index (χ1v) is 9.21. The number of para-hydroxylation sites is 2. The number of carbonyl (C=O) groups excluding carboxylic acids is 1. The molecule has 0 unspecified atom stereocenters. The highest BCUT2D eigenvalue weighted by atomic mass is 32.2. The first-order chi connectivity index (χ1) is 12.0. The molecule has 6 heteroatoms. The smallest absolute Gasteiger partial charge is 0.408 e. The summed E-state index contributed by atoms with van der Waals surface area (Å²) < 4.78 is 6.64. The normalized spacial score (nSPS) is 12.3. The Kier molecular flexibility index (Phi) is 4.99. The molecule has 3 rings (SSSR count). The molecule has 0 N–H and O–H groups in total. The molecule has 1 atom stereocenters. The molecule has 130 valence electrons. The van der Waals surface area contributed by atoms with Crippen LogP contribution in [0.25, 0.3) is 11.1 Å². The maximum atomic E-state index is 12.8. The average molecular weight is 356 g/mol. The number of hydrogen-bond donors (Lipinski definition) is 0. The van der Waals surface area contributed by atoms with Gasteiger partial charge >= 0.3 is 5.76 Å². The molecule has 2 aromatic carbocycles. The van der Waals surface area contributed by atoms with Crippen LogP contribution in [0.5, 0.6) is 0 Å². The quantitative estimate of drug-likeness (QED) is 0.656. The second kappa shape index (κ2) is 7.19. The molecule has 0 aliphatic rings. The van der Waals surface area contributed by atoms with Gasteiger partial charge < -0.3 is 9.32 Å². The Balaban J connectivity index is 1.81. The van der Waals surface area contributed by atoms with E-state index >= 15 is 0 Å². The van der Waals surface area contributed by atoms with Gasteiger partial charge in [-0.2, -0.15) is 0 Å². The Bertz CT molecular complexity index is 943. The van der Waals surface area contributed by atoms with Crippen LogP contribution in [0.2, 0.25) is 0 Å². The SMILES string of the molecule is CSc1ccc(CN(C)C(=O)[C@@H](C)n2c(=O)oc3ccccc32)cc1. The van der Waals surface area contributed by atoms with Crippen LogP contribution in [0.3, 0.4) is 0 Å². The number of benzene rings is 2. The lowest BCUT2D eigenvalue weighted by atomic mass is 10.2. The van der Waals surface area contributed by atoms with Gasteiger partial charge in [-0.3, -0.25) is 9.36 Å². The van der Waals surface area contributed by atoms with Gasteiger partial charge in [0.1, 0.15) is 6.04 Å². The van der Waals surface area contributed by atoms with Gasteiger partial charge in [-0.05, 0) is 43.0 Å². The number of amides is 1. The highest BCUT2D eigenvalue weighted by molar-refractivity contribution is 7.98. The van der Waals surface area contributed by atoms with Gasteiger partial charge in [-0.1, -0.05) is 24.3 Å². The van der Waals surface area contributed by atoms with Crippen LogP contribution in [0.1, 0.15) is 18.5 Å². The van der Waals surface area contributed by atoms with E-state index < -0.39 is 11.8 Å². The zero-order valence-electron chi connectivity index (χ0n) is 14.4. The third-order valence-corrected chi connectivity index (χ3v) is 4.96. The van der Waals surface area contributed by atoms with E-state index in [1.165, 1.54) is 9.46 Å². The lowest BCUT2D eigenvalue weighted by molar-refractivity contribution is -0.133. The van der Waals surface area contributed by atoms with Gasteiger partial charge in [-0.15, -0.1) is 11.8 Å². The summed E-state index contributed by atoms with van der Waals surface area (Å²) in [6.07, 6.45) is 2.03. The van der Waals surface area contributed by atoms with Crippen LogP contribution in [-0.2, 0) is 11.3 Å². The largest absolute Gasteiger partial charge is 0.420 e. The van der Waals surface area contributed by atoms with Crippen LogP contribution in [-0.4, -0.2) is 28.7 Å². The number of likely N-dealkylation sites (N-methyl/N-ethyl adjacent to an activating group) is 1. The number of fused-ring (bicyclic) bond motifs is 1.